The highest BCUT2D eigenvalue weighted by Gasteiger charge is 2.51. The zero-order valence-electron chi connectivity index (χ0n) is 19.0. The third kappa shape index (κ3) is 4.12. The zero-order valence-corrected chi connectivity index (χ0v) is 19.0. The van der Waals surface area contributed by atoms with Crippen molar-refractivity contribution in [2.45, 2.75) is 24.7 Å². The lowest BCUT2D eigenvalue weighted by atomic mass is 9.93. The Labute approximate surface area is 197 Å². The van der Waals surface area contributed by atoms with Gasteiger partial charge in [0.05, 0.1) is 12.1 Å². The van der Waals surface area contributed by atoms with Crippen LogP contribution in [-0.4, -0.2) is 59.3 Å². The summed E-state index contributed by atoms with van der Waals surface area (Å²) in [5.41, 5.74) is -2.86. The summed E-state index contributed by atoms with van der Waals surface area (Å²) in [7, 11) is 3.13. The molecule has 2 heterocycles. The van der Waals surface area contributed by atoms with E-state index in [1.54, 1.807) is 14.1 Å². The highest BCUT2D eigenvalue weighted by Crippen LogP contribution is 2.37. The molecule has 0 aliphatic carbocycles. The van der Waals surface area contributed by atoms with Gasteiger partial charge in [0, 0.05) is 22.3 Å². The Kier molecular flexibility index (Phi) is 5.84. The number of hydrogen-bond donors (Lipinski definition) is 2. The van der Waals surface area contributed by atoms with Gasteiger partial charge in [-0.25, -0.2) is 4.79 Å². The van der Waals surface area contributed by atoms with Crippen molar-refractivity contribution in [3.63, 3.8) is 0 Å². The molecule has 0 spiro atoms. The van der Waals surface area contributed by atoms with Crippen molar-refractivity contribution in [2.24, 2.45) is 0 Å². The van der Waals surface area contributed by atoms with Crippen molar-refractivity contribution in [3.05, 3.63) is 64.4 Å². The van der Waals surface area contributed by atoms with Gasteiger partial charge in [0.2, 0.25) is 0 Å². The summed E-state index contributed by atoms with van der Waals surface area (Å²) in [5, 5.41) is 10.2. The molecule has 0 radical (unpaired) electrons. The van der Waals surface area contributed by atoms with E-state index in [9.17, 15) is 32.7 Å². The molecular weight excluding hydrogens is 467 g/mol. The number of anilines is 1. The number of cyclic esters (lactones) is 1. The number of carboxylic acids is 1. The number of carboxylic acid groups (broad SMARTS) is 1. The van der Waals surface area contributed by atoms with Gasteiger partial charge in [0.15, 0.2) is 11.6 Å². The zero-order chi connectivity index (χ0) is 25.7. The highest BCUT2D eigenvalue weighted by molar-refractivity contribution is 5.95. The minimum Gasteiger partial charge on any atom is -0.480 e. The number of alkyl halides is 3. The van der Waals surface area contributed by atoms with Gasteiger partial charge in [-0.05, 0) is 50.7 Å². The number of likely N-dealkylation sites (N-methyl/N-ethyl adjacent to an activating group) is 1. The van der Waals surface area contributed by atoms with Crippen molar-refractivity contribution in [1.29, 1.82) is 0 Å². The lowest BCUT2D eigenvalue weighted by molar-refractivity contribution is -0.154. The molecule has 2 atom stereocenters. The number of H-pyrrole nitrogens is 1. The Bertz CT molecular complexity index is 1380. The molecule has 0 bridgehead atoms. The van der Waals surface area contributed by atoms with Gasteiger partial charge in [0.1, 0.15) is 0 Å². The summed E-state index contributed by atoms with van der Waals surface area (Å²) in [4.78, 5) is 42.5. The number of benzene rings is 2. The molecule has 1 fully saturated rings. The van der Waals surface area contributed by atoms with Gasteiger partial charge in [-0.15, -0.1) is 0 Å². The number of nitrogens with one attached hydrogen (secondary N) is 1. The summed E-state index contributed by atoms with van der Waals surface area (Å²) in [5.74, 6) is -1.16. The van der Waals surface area contributed by atoms with Crippen molar-refractivity contribution in [1.82, 2.24) is 9.88 Å². The van der Waals surface area contributed by atoms with Gasteiger partial charge in [-0.2, -0.15) is 13.2 Å². The van der Waals surface area contributed by atoms with E-state index >= 15 is 0 Å². The second-order valence-electron chi connectivity index (χ2n) is 8.66. The van der Waals surface area contributed by atoms with Gasteiger partial charge >= 0.3 is 18.2 Å². The number of fused-ring (bicyclic) bond motifs is 1. The molecule has 11 heteroatoms. The summed E-state index contributed by atoms with van der Waals surface area (Å²) in [6.07, 6.45) is -6.36. The fourth-order valence-electron chi connectivity index (χ4n) is 4.11. The number of pyridine rings is 1. The molecule has 3 aromatic rings. The molecule has 0 saturated carbocycles. The van der Waals surface area contributed by atoms with Crippen LogP contribution in [-0.2, 0) is 15.7 Å². The van der Waals surface area contributed by atoms with E-state index in [-0.39, 0.29) is 23.2 Å². The van der Waals surface area contributed by atoms with Crippen LogP contribution >= 0.6 is 0 Å². The average Bonchev–Trinajstić information content (AvgIpc) is 3.19. The number of aromatic amines is 1. The second kappa shape index (κ2) is 8.42. The fourth-order valence-corrected chi connectivity index (χ4v) is 4.11. The van der Waals surface area contributed by atoms with Crippen LogP contribution in [0, 0.1) is 0 Å². The minimum atomic E-state index is -4.60. The molecule has 2 aromatic carbocycles. The molecule has 1 saturated heterocycles. The van der Waals surface area contributed by atoms with Gasteiger partial charge in [-0.3, -0.25) is 19.4 Å². The Morgan fingerprint density at radius 3 is 2.46 bits per heavy atom. The van der Waals surface area contributed by atoms with Crippen LogP contribution in [0.2, 0.25) is 0 Å². The van der Waals surface area contributed by atoms with Crippen LogP contribution in [0.15, 0.2) is 53.3 Å². The smallest absolute Gasteiger partial charge is 0.417 e. The number of carbonyl (C=O) groups excluding carboxylic acids is 1. The predicted molar refractivity (Wildman–Crippen MR) is 122 cm³/mol. The van der Waals surface area contributed by atoms with Crippen molar-refractivity contribution < 1.29 is 32.6 Å². The minimum absolute atomic E-state index is 0.00651. The first-order valence-electron chi connectivity index (χ1n) is 10.6. The standard InChI is InChI=1S/C24H22F3N3O5/c1-23(21(32)33,29(2)3)19-12-30(22(34)35-19)14-9-8-13-10-18(28-20(31)16(13)11-14)15-6-4-5-7-17(15)24(25,26)27/h4-11,19H,12H2,1-3H3,(H,28,31)(H,32,33)/t19?,23-/m1/s1. The molecule has 1 aliphatic rings. The molecule has 8 nitrogen and oxygen atoms in total. The highest BCUT2D eigenvalue weighted by atomic mass is 19.4. The monoisotopic (exact) mass is 489 g/mol. The second-order valence-corrected chi connectivity index (χ2v) is 8.66. The maximum absolute atomic E-state index is 13.4. The molecule has 35 heavy (non-hydrogen) atoms. The Morgan fingerprint density at radius 2 is 1.83 bits per heavy atom. The number of halogens is 3. The normalized spacial score (nSPS) is 18.1. The predicted octanol–water partition coefficient (Wildman–Crippen LogP) is 3.94. The first-order valence-corrected chi connectivity index (χ1v) is 10.6. The molecule has 1 unspecified atom stereocenters. The van der Waals surface area contributed by atoms with Crippen LogP contribution in [0.3, 0.4) is 0 Å². The Balaban J connectivity index is 1.72. The summed E-state index contributed by atoms with van der Waals surface area (Å²) in [6, 6.07) is 10.8. The molecule has 1 amide bonds. The summed E-state index contributed by atoms with van der Waals surface area (Å²) >= 11 is 0. The Hall–Kier alpha value is -3.86. The number of hydrogen-bond acceptors (Lipinski definition) is 5. The van der Waals surface area contributed by atoms with E-state index in [4.69, 9.17) is 4.74 Å². The number of nitrogens with zero attached hydrogens (tertiary/aromatic N) is 2. The molecule has 1 aromatic heterocycles. The number of aliphatic carboxylic acids is 1. The lowest BCUT2D eigenvalue weighted by Gasteiger charge is -2.35. The van der Waals surface area contributed by atoms with Crippen LogP contribution in [0.4, 0.5) is 23.7 Å². The van der Waals surface area contributed by atoms with Crippen LogP contribution in [0.25, 0.3) is 22.0 Å². The third-order valence-corrected chi connectivity index (χ3v) is 6.46. The van der Waals surface area contributed by atoms with E-state index in [0.717, 1.165) is 6.07 Å². The van der Waals surface area contributed by atoms with Crippen LogP contribution < -0.4 is 10.5 Å². The fraction of sp³-hybridized carbons (Fsp3) is 0.292. The van der Waals surface area contributed by atoms with E-state index in [1.807, 2.05) is 0 Å². The number of carbonyl (C=O) groups is 2. The van der Waals surface area contributed by atoms with Gasteiger partial charge in [-0.1, -0.05) is 24.3 Å². The summed E-state index contributed by atoms with van der Waals surface area (Å²) < 4.78 is 45.7. The SMILES string of the molecule is CN(C)[C@@](C)(C(=O)O)C1CN(c2ccc3cc(-c4ccccc4C(F)(F)F)[nH]c(=O)c3c2)C(=O)O1. The largest absolute Gasteiger partial charge is 0.480 e. The number of aromatic nitrogens is 1. The average molecular weight is 489 g/mol. The van der Waals surface area contributed by atoms with Crippen molar-refractivity contribution >= 4 is 28.5 Å². The molecule has 1 aliphatic heterocycles. The number of ether oxygens (including phenoxy) is 1. The Morgan fingerprint density at radius 1 is 1.14 bits per heavy atom. The van der Waals surface area contributed by atoms with Gasteiger partial charge < -0.3 is 14.8 Å². The molecule has 4 rings (SSSR count). The number of amides is 1. The summed E-state index contributed by atoms with van der Waals surface area (Å²) in [6.45, 7) is 1.38. The lowest BCUT2D eigenvalue weighted by Crippen LogP contribution is -2.58. The molecular formula is C24H22F3N3O5. The van der Waals surface area contributed by atoms with E-state index < -0.39 is 41.0 Å². The first-order chi connectivity index (χ1) is 16.3. The van der Waals surface area contributed by atoms with Gasteiger partial charge in [0.25, 0.3) is 5.56 Å². The van der Waals surface area contributed by atoms with E-state index in [1.165, 1.54) is 59.2 Å². The molecule has 2 N–H and O–H groups in total. The van der Waals surface area contributed by atoms with Crippen LogP contribution in [0.1, 0.15) is 12.5 Å². The quantitative estimate of drug-likeness (QED) is 0.563. The van der Waals surface area contributed by atoms with Crippen molar-refractivity contribution in [3.8, 4) is 11.3 Å². The maximum atomic E-state index is 13.4. The maximum Gasteiger partial charge on any atom is 0.417 e. The van der Waals surface area contributed by atoms with Crippen LogP contribution in [0.5, 0.6) is 0 Å². The third-order valence-electron chi connectivity index (χ3n) is 6.46. The van der Waals surface area contributed by atoms with E-state index in [2.05, 4.69) is 4.98 Å². The van der Waals surface area contributed by atoms with Crippen molar-refractivity contribution in [2.75, 3.05) is 25.5 Å². The number of rotatable bonds is 5. The topological polar surface area (TPSA) is 103 Å². The molecule has 184 valence electrons. The van der Waals surface area contributed by atoms with E-state index in [0.29, 0.717) is 11.1 Å². The first kappa shape index (κ1) is 24.3.